The molecule has 0 saturated carbocycles. The van der Waals surface area contributed by atoms with Gasteiger partial charge in [-0.1, -0.05) is 35.0 Å². The Balaban J connectivity index is 2.68. The van der Waals surface area contributed by atoms with Crippen molar-refractivity contribution in [1.82, 2.24) is 0 Å². The summed E-state index contributed by atoms with van der Waals surface area (Å²) in [5.74, 6) is 0.842. The zero-order valence-electron chi connectivity index (χ0n) is 9.14. The summed E-state index contributed by atoms with van der Waals surface area (Å²) in [4.78, 5) is 0. The van der Waals surface area contributed by atoms with Crippen LogP contribution in [0.15, 0.2) is 34.8 Å². The van der Waals surface area contributed by atoms with Crippen LogP contribution in [0, 0.1) is 0 Å². The monoisotopic (exact) mass is 269 g/mol. The van der Waals surface area contributed by atoms with Gasteiger partial charge in [0, 0.05) is 22.8 Å². The molecule has 0 bridgehead atoms. The van der Waals surface area contributed by atoms with Crippen molar-refractivity contribution in [2.24, 2.45) is 0 Å². The molecule has 0 atom stereocenters. The van der Waals surface area contributed by atoms with Crippen LogP contribution >= 0.6 is 15.9 Å². The predicted molar refractivity (Wildman–Crippen MR) is 68.6 cm³/mol. The number of benzene rings is 1. The Morgan fingerprint density at radius 1 is 1.47 bits per heavy atom. The standard InChI is InChI=1S/C12H16BrNO/c1-4-9(2)8-14-11-5-10(13)6-12(7-11)15-3/h5-7,14H,2,4,8H2,1,3H3. The molecule has 0 aliphatic carbocycles. The van der Waals surface area contributed by atoms with Gasteiger partial charge in [0.1, 0.15) is 5.75 Å². The second-order valence-electron chi connectivity index (χ2n) is 3.34. The van der Waals surface area contributed by atoms with Gasteiger partial charge >= 0.3 is 0 Å². The van der Waals surface area contributed by atoms with E-state index in [-0.39, 0.29) is 0 Å². The molecule has 0 heterocycles. The zero-order valence-corrected chi connectivity index (χ0v) is 10.7. The lowest BCUT2D eigenvalue weighted by molar-refractivity contribution is 0.414. The molecule has 0 aliphatic rings. The van der Waals surface area contributed by atoms with Crippen molar-refractivity contribution in [3.63, 3.8) is 0 Å². The lowest BCUT2D eigenvalue weighted by Gasteiger charge is -2.09. The second kappa shape index (κ2) is 5.81. The smallest absolute Gasteiger partial charge is 0.122 e. The molecule has 0 aliphatic heterocycles. The van der Waals surface area contributed by atoms with Crippen molar-refractivity contribution in [2.45, 2.75) is 13.3 Å². The molecule has 0 radical (unpaired) electrons. The lowest BCUT2D eigenvalue weighted by Crippen LogP contribution is -2.03. The van der Waals surface area contributed by atoms with E-state index in [1.54, 1.807) is 7.11 Å². The third-order valence-corrected chi connectivity index (χ3v) is 2.61. The molecule has 1 N–H and O–H groups in total. The Labute approximate surface area is 99.5 Å². The van der Waals surface area contributed by atoms with E-state index in [0.717, 1.165) is 28.9 Å². The number of nitrogens with one attached hydrogen (secondary N) is 1. The van der Waals surface area contributed by atoms with E-state index in [2.05, 4.69) is 34.7 Å². The number of rotatable bonds is 5. The summed E-state index contributed by atoms with van der Waals surface area (Å²) >= 11 is 3.44. The highest BCUT2D eigenvalue weighted by molar-refractivity contribution is 9.10. The Morgan fingerprint density at radius 3 is 2.80 bits per heavy atom. The second-order valence-corrected chi connectivity index (χ2v) is 4.25. The molecule has 3 heteroatoms. The highest BCUT2D eigenvalue weighted by Crippen LogP contribution is 2.24. The van der Waals surface area contributed by atoms with E-state index in [4.69, 9.17) is 4.74 Å². The first-order valence-corrected chi connectivity index (χ1v) is 5.70. The molecule has 82 valence electrons. The van der Waals surface area contributed by atoms with Gasteiger partial charge in [-0.15, -0.1) is 0 Å². The molecule has 1 aromatic rings. The first-order valence-electron chi connectivity index (χ1n) is 4.90. The Morgan fingerprint density at radius 2 is 2.20 bits per heavy atom. The summed E-state index contributed by atoms with van der Waals surface area (Å²) < 4.78 is 6.18. The maximum atomic E-state index is 5.18. The molecule has 1 aromatic carbocycles. The highest BCUT2D eigenvalue weighted by Gasteiger charge is 1.99. The SMILES string of the molecule is C=C(CC)CNc1cc(Br)cc(OC)c1. The van der Waals surface area contributed by atoms with Crippen molar-refractivity contribution in [3.05, 3.63) is 34.8 Å². The van der Waals surface area contributed by atoms with Gasteiger partial charge in [-0.2, -0.15) is 0 Å². The number of hydrogen-bond acceptors (Lipinski definition) is 2. The van der Waals surface area contributed by atoms with Crippen molar-refractivity contribution >= 4 is 21.6 Å². The zero-order chi connectivity index (χ0) is 11.3. The largest absolute Gasteiger partial charge is 0.497 e. The van der Waals surface area contributed by atoms with Gasteiger partial charge in [-0.05, 0) is 18.6 Å². The fourth-order valence-electron chi connectivity index (χ4n) is 1.13. The van der Waals surface area contributed by atoms with Gasteiger partial charge in [0.2, 0.25) is 0 Å². The first-order chi connectivity index (χ1) is 7.15. The summed E-state index contributed by atoms with van der Waals surface area (Å²) in [5, 5.41) is 3.30. The fourth-order valence-corrected chi connectivity index (χ4v) is 1.61. The van der Waals surface area contributed by atoms with Crippen molar-refractivity contribution in [1.29, 1.82) is 0 Å². The maximum Gasteiger partial charge on any atom is 0.122 e. The van der Waals surface area contributed by atoms with Crippen LogP contribution in [0.1, 0.15) is 13.3 Å². The van der Waals surface area contributed by atoms with Crippen molar-refractivity contribution in [3.8, 4) is 5.75 Å². The summed E-state index contributed by atoms with van der Waals surface area (Å²) in [7, 11) is 1.66. The number of anilines is 1. The van der Waals surface area contributed by atoms with Crippen LogP contribution in [-0.2, 0) is 0 Å². The molecule has 1 rings (SSSR count). The van der Waals surface area contributed by atoms with E-state index in [9.17, 15) is 0 Å². The van der Waals surface area contributed by atoms with Crippen molar-refractivity contribution in [2.75, 3.05) is 19.0 Å². The first kappa shape index (κ1) is 12.1. The predicted octanol–water partition coefficient (Wildman–Crippen LogP) is 3.84. The summed E-state index contributed by atoms with van der Waals surface area (Å²) in [5.41, 5.74) is 2.23. The number of hydrogen-bond donors (Lipinski definition) is 1. The van der Waals surface area contributed by atoms with Crippen LogP contribution in [0.25, 0.3) is 0 Å². The normalized spacial score (nSPS) is 9.80. The highest BCUT2D eigenvalue weighted by atomic mass is 79.9. The maximum absolute atomic E-state index is 5.18. The van der Waals surface area contributed by atoms with Crippen LogP contribution < -0.4 is 10.1 Å². The molecular formula is C12H16BrNO. The summed E-state index contributed by atoms with van der Waals surface area (Å²) in [6, 6.07) is 5.92. The summed E-state index contributed by atoms with van der Waals surface area (Å²) in [6.45, 7) is 6.85. The van der Waals surface area contributed by atoms with Gasteiger partial charge in [-0.25, -0.2) is 0 Å². The molecule has 0 spiro atoms. The minimum atomic E-state index is 0.802. The van der Waals surface area contributed by atoms with E-state index in [1.165, 1.54) is 5.57 Å². The average Bonchev–Trinajstić information content (AvgIpc) is 2.25. The third kappa shape index (κ3) is 3.96. The van der Waals surface area contributed by atoms with Gasteiger partial charge in [0.05, 0.1) is 7.11 Å². The van der Waals surface area contributed by atoms with Crippen LogP contribution in [0.4, 0.5) is 5.69 Å². The molecule has 0 fully saturated rings. The third-order valence-electron chi connectivity index (χ3n) is 2.15. The summed E-state index contributed by atoms with van der Waals surface area (Å²) in [6.07, 6.45) is 0.998. The van der Waals surface area contributed by atoms with Crippen LogP contribution in [-0.4, -0.2) is 13.7 Å². The number of methoxy groups -OCH3 is 1. The molecule has 0 amide bonds. The van der Waals surface area contributed by atoms with E-state index < -0.39 is 0 Å². The van der Waals surface area contributed by atoms with E-state index >= 15 is 0 Å². The Bertz CT molecular complexity index is 349. The van der Waals surface area contributed by atoms with Gasteiger partial charge in [0.15, 0.2) is 0 Å². The fraction of sp³-hybridized carbons (Fsp3) is 0.333. The van der Waals surface area contributed by atoms with Gasteiger partial charge in [-0.3, -0.25) is 0 Å². The molecule has 0 unspecified atom stereocenters. The average molecular weight is 270 g/mol. The van der Waals surface area contributed by atoms with Gasteiger partial charge < -0.3 is 10.1 Å². The lowest BCUT2D eigenvalue weighted by atomic mass is 10.2. The van der Waals surface area contributed by atoms with Gasteiger partial charge in [0.25, 0.3) is 0 Å². The molecular weight excluding hydrogens is 254 g/mol. The van der Waals surface area contributed by atoms with E-state index in [0.29, 0.717) is 0 Å². The number of ether oxygens (including phenoxy) is 1. The van der Waals surface area contributed by atoms with Crippen molar-refractivity contribution < 1.29 is 4.74 Å². The molecule has 0 aromatic heterocycles. The minimum Gasteiger partial charge on any atom is -0.497 e. The number of halogens is 1. The molecule has 15 heavy (non-hydrogen) atoms. The van der Waals surface area contributed by atoms with Crippen LogP contribution in [0.3, 0.4) is 0 Å². The Kier molecular flexibility index (Phi) is 4.69. The van der Waals surface area contributed by atoms with E-state index in [1.807, 2.05) is 18.2 Å². The topological polar surface area (TPSA) is 21.3 Å². The minimum absolute atomic E-state index is 0.802. The quantitative estimate of drug-likeness (QED) is 0.821. The Hall–Kier alpha value is -0.960. The van der Waals surface area contributed by atoms with Crippen LogP contribution in [0.2, 0.25) is 0 Å². The molecule has 2 nitrogen and oxygen atoms in total. The molecule has 0 saturated heterocycles. The van der Waals surface area contributed by atoms with Crippen LogP contribution in [0.5, 0.6) is 5.75 Å².